The van der Waals surface area contributed by atoms with Crippen LogP contribution in [0.5, 0.6) is 0 Å². The number of nitrogens with one attached hydrogen (secondary N) is 1. The average Bonchev–Trinajstić information content (AvgIpc) is 3.02. The second-order valence-electron chi connectivity index (χ2n) is 7.67. The van der Waals surface area contributed by atoms with Gasteiger partial charge in [-0.1, -0.05) is 50.6 Å². The molecule has 2 aromatic carbocycles. The number of nitrogens with zero attached hydrogens (tertiary/aromatic N) is 2. The first-order chi connectivity index (χ1) is 11.9. The third-order valence-electron chi connectivity index (χ3n) is 4.94. The lowest BCUT2D eigenvalue weighted by Crippen LogP contribution is -2.27. The van der Waals surface area contributed by atoms with E-state index in [0.29, 0.717) is 0 Å². The van der Waals surface area contributed by atoms with Gasteiger partial charge in [-0.3, -0.25) is 0 Å². The molecule has 0 aliphatic carbocycles. The lowest BCUT2D eigenvalue weighted by atomic mass is 9.82. The molecule has 0 spiro atoms. The maximum Gasteiger partial charge on any atom is 0.147 e. The van der Waals surface area contributed by atoms with E-state index in [9.17, 15) is 0 Å². The van der Waals surface area contributed by atoms with Crippen molar-refractivity contribution in [3.05, 3.63) is 70.4 Å². The van der Waals surface area contributed by atoms with Gasteiger partial charge in [-0.2, -0.15) is 5.10 Å². The number of rotatable bonds is 1. The molecule has 0 fully saturated rings. The summed E-state index contributed by atoms with van der Waals surface area (Å²) in [6.45, 7) is 8.96. The van der Waals surface area contributed by atoms with E-state index in [4.69, 9.17) is 11.6 Å². The van der Waals surface area contributed by atoms with Crippen LogP contribution in [0.2, 0.25) is 5.02 Å². The highest BCUT2D eigenvalue weighted by molar-refractivity contribution is 6.31. The Morgan fingerprint density at radius 1 is 1.12 bits per heavy atom. The highest BCUT2D eigenvalue weighted by Gasteiger charge is 2.28. The molecular formula is C21H22ClN3. The van der Waals surface area contributed by atoms with Crippen molar-refractivity contribution in [2.75, 3.05) is 5.32 Å². The first-order valence-electron chi connectivity index (χ1n) is 8.56. The number of halogens is 1. The smallest absolute Gasteiger partial charge is 0.147 e. The first-order valence-corrected chi connectivity index (χ1v) is 8.94. The van der Waals surface area contributed by atoms with Gasteiger partial charge >= 0.3 is 0 Å². The standard InChI is InChI=1S/C21H22ClN3/c1-13-15(6-5-7-17(13)21(2,3)4)20-24-18-12-14(22)8-9-16(18)19-10-11-23-25(19)20/h5-12,20,24H,1-4H3. The molecule has 1 aliphatic heterocycles. The molecular weight excluding hydrogens is 330 g/mol. The zero-order chi connectivity index (χ0) is 17.8. The predicted molar refractivity (Wildman–Crippen MR) is 104 cm³/mol. The number of hydrogen-bond donors (Lipinski definition) is 1. The molecule has 0 amide bonds. The lowest BCUT2D eigenvalue weighted by molar-refractivity contribution is 0.558. The lowest BCUT2D eigenvalue weighted by Gasteiger charge is -2.32. The molecule has 0 radical (unpaired) electrons. The normalized spacial score (nSPS) is 16.1. The quantitative estimate of drug-likeness (QED) is 0.602. The SMILES string of the molecule is Cc1c(C2Nc3cc(Cl)ccc3-c3ccnn32)cccc1C(C)(C)C. The fraction of sp³-hybridized carbons (Fsp3) is 0.286. The maximum absolute atomic E-state index is 6.23. The van der Waals surface area contributed by atoms with Gasteiger partial charge in [0.1, 0.15) is 6.17 Å². The van der Waals surface area contributed by atoms with E-state index >= 15 is 0 Å². The van der Waals surface area contributed by atoms with Crippen LogP contribution in [-0.2, 0) is 5.41 Å². The molecule has 1 aliphatic rings. The summed E-state index contributed by atoms with van der Waals surface area (Å²) in [5.74, 6) is 0. The Hall–Kier alpha value is -2.26. The van der Waals surface area contributed by atoms with Gasteiger partial charge in [-0.05, 0) is 53.3 Å². The van der Waals surface area contributed by atoms with Crippen LogP contribution in [0, 0.1) is 6.92 Å². The fourth-order valence-electron chi connectivity index (χ4n) is 3.77. The van der Waals surface area contributed by atoms with E-state index in [1.807, 2.05) is 24.4 Å². The van der Waals surface area contributed by atoms with Gasteiger partial charge in [0.25, 0.3) is 0 Å². The van der Waals surface area contributed by atoms with Crippen molar-refractivity contribution < 1.29 is 0 Å². The molecule has 1 atom stereocenters. The molecule has 1 unspecified atom stereocenters. The van der Waals surface area contributed by atoms with Crippen LogP contribution in [0.25, 0.3) is 11.3 Å². The van der Waals surface area contributed by atoms with Gasteiger partial charge in [0, 0.05) is 22.5 Å². The zero-order valence-electron chi connectivity index (χ0n) is 15.0. The number of benzene rings is 2. The molecule has 0 bridgehead atoms. The molecule has 3 aromatic rings. The van der Waals surface area contributed by atoms with Crippen molar-refractivity contribution >= 4 is 17.3 Å². The molecule has 1 aromatic heterocycles. The maximum atomic E-state index is 6.23. The number of aromatic nitrogens is 2. The van der Waals surface area contributed by atoms with Crippen LogP contribution in [0.1, 0.15) is 43.6 Å². The van der Waals surface area contributed by atoms with Crippen molar-refractivity contribution in [2.45, 2.75) is 39.3 Å². The summed E-state index contributed by atoms with van der Waals surface area (Å²) in [7, 11) is 0. The molecule has 3 nitrogen and oxygen atoms in total. The third kappa shape index (κ3) is 2.63. The Labute approximate surface area is 153 Å². The Balaban J connectivity index is 1.89. The van der Waals surface area contributed by atoms with Gasteiger partial charge in [-0.15, -0.1) is 0 Å². The van der Waals surface area contributed by atoms with Crippen molar-refractivity contribution in [1.82, 2.24) is 9.78 Å². The van der Waals surface area contributed by atoms with Crippen molar-refractivity contribution in [3.63, 3.8) is 0 Å². The topological polar surface area (TPSA) is 29.9 Å². The van der Waals surface area contributed by atoms with Gasteiger partial charge in [-0.25, -0.2) is 4.68 Å². The second-order valence-corrected chi connectivity index (χ2v) is 8.10. The molecule has 2 heterocycles. The Kier molecular flexibility index (Phi) is 3.66. The molecule has 0 saturated carbocycles. The van der Waals surface area contributed by atoms with Gasteiger partial charge in [0.05, 0.1) is 5.69 Å². The number of fused-ring (bicyclic) bond motifs is 3. The third-order valence-corrected chi connectivity index (χ3v) is 5.18. The summed E-state index contributed by atoms with van der Waals surface area (Å²) in [5, 5.41) is 8.96. The van der Waals surface area contributed by atoms with E-state index in [0.717, 1.165) is 22.0 Å². The van der Waals surface area contributed by atoms with Crippen LogP contribution >= 0.6 is 11.6 Å². The van der Waals surface area contributed by atoms with Gasteiger partial charge in [0.15, 0.2) is 0 Å². The van der Waals surface area contributed by atoms with Crippen LogP contribution in [0.3, 0.4) is 0 Å². The zero-order valence-corrected chi connectivity index (χ0v) is 15.7. The fourth-order valence-corrected chi connectivity index (χ4v) is 3.94. The van der Waals surface area contributed by atoms with Crippen molar-refractivity contribution in [1.29, 1.82) is 0 Å². The summed E-state index contributed by atoms with van der Waals surface area (Å²) in [6.07, 6.45) is 1.81. The Morgan fingerprint density at radius 2 is 1.92 bits per heavy atom. The molecule has 4 rings (SSSR count). The Bertz CT molecular complexity index is 950. The molecule has 128 valence electrons. The van der Waals surface area contributed by atoms with Gasteiger partial charge < -0.3 is 5.32 Å². The van der Waals surface area contributed by atoms with E-state index in [1.54, 1.807) is 0 Å². The Morgan fingerprint density at radius 3 is 2.68 bits per heavy atom. The predicted octanol–water partition coefficient (Wildman–Crippen LogP) is 5.78. The van der Waals surface area contributed by atoms with Crippen LogP contribution in [-0.4, -0.2) is 9.78 Å². The molecule has 4 heteroatoms. The van der Waals surface area contributed by atoms with E-state index < -0.39 is 0 Å². The summed E-state index contributed by atoms with van der Waals surface area (Å²) in [4.78, 5) is 0. The van der Waals surface area contributed by atoms with Crippen molar-refractivity contribution in [2.24, 2.45) is 0 Å². The first kappa shape index (κ1) is 16.2. The van der Waals surface area contributed by atoms with E-state index in [2.05, 4.69) is 67.1 Å². The summed E-state index contributed by atoms with van der Waals surface area (Å²) >= 11 is 6.23. The summed E-state index contributed by atoms with van der Waals surface area (Å²) < 4.78 is 2.06. The molecule has 0 saturated heterocycles. The highest BCUT2D eigenvalue weighted by Crippen LogP contribution is 2.40. The second kappa shape index (κ2) is 5.63. The minimum Gasteiger partial charge on any atom is -0.359 e. The minimum atomic E-state index is -0.0433. The van der Waals surface area contributed by atoms with Crippen LogP contribution in [0.15, 0.2) is 48.7 Å². The highest BCUT2D eigenvalue weighted by atomic mass is 35.5. The average molecular weight is 352 g/mol. The number of anilines is 1. The number of hydrogen-bond acceptors (Lipinski definition) is 2. The van der Waals surface area contributed by atoms with E-state index in [1.165, 1.54) is 16.7 Å². The van der Waals surface area contributed by atoms with Gasteiger partial charge in [0.2, 0.25) is 0 Å². The van der Waals surface area contributed by atoms with Crippen LogP contribution < -0.4 is 5.32 Å². The monoisotopic (exact) mass is 351 g/mol. The minimum absolute atomic E-state index is 0.0433. The summed E-state index contributed by atoms with van der Waals surface area (Å²) in [5.41, 5.74) is 7.28. The van der Waals surface area contributed by atoms with E-state index in [-0.39, 0.29) is 11.6 Å². The van der Waals surface area contributed by atoms with Crippen molar-refractivity contribution in [3.8, 4) is 11.3 Å². The molecule has 1 N–H and O–H groups in total. The molecule has 25 heavy (non-hydrogen) atoms. The largest absolute Gasteiger partial charge is 0.359 e. The summed E-state index contributed by atoms with van der Waals surface area (Å²) in [6, 6.07) is 14.6. The van der Waals surface area contributed by atoms with Crippen LogP contribution in [0.4, 0.5) is 5.69 Å².